The fraction of sp³-hybridized carbons (Fsp3) is 1.00. The summed E-state index contributed by atoms with van der Waals surface area (Å²) < 4.78 is 0. The minimum absolute atomic E-state index is 0.373. The Balaban J connectivity index is 2.58. The molecule has 2 nitrogen and oxygen atoms in total. The van der Waals surface area contributed by atoms with E-state index in [9.17, 15) is 0 Å². The van der Waals surface area contributed by atoms with Crippen molar-refractivity contribution in [1.82, 2.24) is 10.2 Å². The Morgan fingerprint density at radius 1 is 1.15 bits per heavy atom. The number of nitrogens with zero attached hydrogens (tertiary/aromatic N) is 1. The first-order chi connectivity index (χ1) is 9.40. The number of rotatable bonds is 7. The molecule has 3 unspecified atom stereocenters. The van der Waals surface area contributed by atoms with Crippen LogP contribution in [0.2, 0.25) is 0 Å². The summed E-state index contributed by atoms with van der Waals surface area (Å²) >= 11 is 0. The van der Waals surface area contributed by atoms with E-state index in [1.54, 1.807) is 0 Å². The zero-order valence-electron chi connectivity index (χ0n) is 14.8. The van der Waals surface area contributed by atoms with E-state index < -0.39 is 0 Å². The topological polar surface area (TPSA) is 15.3 Å². The lowest BCUT2D eigenvalue weighted by atomic mass is 9.82. The van der Waals surface area contributed by atoms with Gasteiger partial charge in [0.05, 0.1) is 0 Å². The molecule has 0 aliphatic carbocycles. The van der Waals surface area contributed by atoms with E-state index in [0.717, 1.165) is 12.5 Å². The highest BCUT2D eigenvalue weighted by molar-refractivity contribution is 4.93. The molecule has 20 heavy (non-hydrogen) atoms. The average Bonchev–Trinajstić information content (AvgIpc) is 2.41. The summed E-state index contributed by atoms with van der Waals surface area (Å²) in [6.07, 6.45) is 6.77. The van der Waals surface area contributed by atoms with Crippen LogP contribution in [0.5, 0.6) is 0 Å². The van der Waals surface area contributed by atoms with Gasteiger partial charge in [0.1, 0.15) is 0 Å². The molecule has 1 N–H and O–H groups in total. The van der Waals surface area contributed by atoms with Crippen LogP contribution in [0.3, 0.4) is 0 Å². The van der Waals surface area contributed by atoms with Crippen molar-refractivity contribution in [3.05, 3.63) is 0 Å². The molecule has 120 valence electrons. The average molecular weight is 283 g/mol. The van der Waals surface area contributed by atoms with Crippen molar-refractivity contribution >= 4 is 0 Å². The minimum atomic E-state index is 0.373. The third-order valence-electron chi connectivity index (χ3n) is 5.07. The molecule has 0 bridgehead atoms. The molecule has 3 atom stereocenters. The normalized spacial score (nSPS) is 26.7. The van der Waals surface area contributed by atoms with E-state index in [-0.39, 0.29) is 0 Å². The molecule has 0 spiro atoms. The maximum absolute atomic E-state index is 3.82. The van der Waals surface area contributed by atoms with Crippen LogP contribution >= 0.6 is 0 Å². The number of hydrogen-bond donors (Lipinski definition) is 1. The molecule has 1 heterocycles. The van der Waals surface area contributed by atoms with Crippen molar-refractivity contribution in [2.24, 2.45) is 11.3 Å². The first kappa shape index (κ1) is 18.0. The SMILES string of the molecule is CCCCCCN1CC(C(C)CC)NCC1C(C)(C)C. The van der Waals surface area contributed by atoms with Crippen molar-refractivity contribution in [3.63, 3.8) is 0 Å². The number of piperazine rings is 1. The third-order valence-corrected chi connectivity index (χ3v) is 5.07. The molecule has 1 rings (SSSR count). The molecule has 1 aliphatic heterocycles. The molecule has 0 aromatic heterocycles. The molecular weight excluding hydrogens is 244 g/mol. The van der Waals surface area contributed by atoms with Crippen LogP contribution in [-0.4, -0.2) is 36.6 Å². The second kappa shape index (κ2) is 8.38. The second-order valence-corrected chi connectivity index (χ2v) is 7.84. The van der Waals surface area contributed by atoms with Gasteiger partial charge < -0.3 is 5.32 Å². The summed E-state index contributed by atoms with van der Waals surface area (Å²) in [5.74, 6) is 0.786. The first-order valence-corrected chi connectivity index (χ1v) is 8.87. The minimum Gasteiger partial charge on any atom is -0.311 e. The van der Waals surface area contributed by atoms with Crippen LogP contribution in [0.1, 0.15) is 73.6 Å². The number of nitrogens with one attached hydrogen (secondary N) is 1. The summed E-state index contributed by atoms with van der Waals surface area (Å²) in [7, 11) is 0. The van der Waals surface area contributed by atoms with Gasteiger partial charge >= 0.3 is 0 Å². The summed E-state index contributed by atoms with van der Waals surface area (Å²) in [5.41, 5.74) is 0.373. The molecule has 0 aromatic rings. The maximum atomic E-state index is 3.82. The predicted molar refractivity (Wildman–Crippen MR) is 90.2 cm³/mol. The standard InChI is InChI=1S/C18H38N2/c1-7-9-10-11-12-20-14-16(15(3)8-2)19-13-17(20)18(4,5)6/h15-17,19H,7-14H2,1-6H3. The van der Waals surface area contributed by atoms with Crippen molar-refractivity contribution in [1.29, 1.82) is 0 Å². The largest absolute Gasteiger partial charge is 0.311 e. The van der Waals surface area contributed by atoms with Crippen molar-refractivity contribution in [3.8, 4) is 0 Å². The van der Waals surface area contributed by atoms with Gasteiger partial charge in [0.25, 0.3) is 0 Å². The van der Waals surface area contributed by atoms with Gasteiger partial charge in [-0.05, 0) is 24.3 Å². The molecule has 1 saturated heterocycles. The highest BCUT2D eigenvalue weighted by atomic mass is 15.2. The van der Waals surface area contributed by atoms with Crippen LogP contribution in [0.15, 0.2) is 0 Å². The van der Waals surface area contributed by atoms with E-state index in [4.69, 9.17) is 0 Å². The Morgan fingerprint density at radius 2 is 1.85 bits per heavy atom. The summed E-state index contributed by atoms with van der Waals surface area (Å²) in [6, 6.07) is 1.37. The van der Waals surface area contributed by atoms with E-state index in [1.165, 1.54) is 45.2 Å². The van der Waals surface area contributed by atoms with Crippen LogP contribution in [0.4, 0.5) is 0 Å². The monoisotopic (exact) mass is 282 g/mol. The van der Waals surface area contributed by atoms with Gasteiger partial charge in [0.15, 0.2) is 0 Å². The second-order valence-electron chi connectivity index (χ2n) is 7.84. The van der Waals surface area contributed by atoms with E-state index in [0.29, 0.717) is 17.5 Å². The van der Waals surface area contributed by atoms with E-state index >= 15 is 0 Å². The van der Waals surface area contributed by atoms with Crippen LogP contribution < -0.4 is 5.32 Å². The molecule has 0 aromatic carbocycles. The van der Waals surface area contributed by atoms with Gasteiger partial charge in [-0.25, -0.2) is 0 Å². The van der Waals surface area contributed by atoms with Gasteiger partial charge in [-0.3, -0.25) is 4.90 Å². The van der Waals surface area contributed by atoms with Crippen molar-refractivity contribution in [2.45, 2.75) is 85.7 Å². The van der Waals surface area contributed by atoms with Gasteiger partial charge in [-0.15, -0.1) is 0 Å². The zero-order chi connectivity index (χ0) is 15.2. The molecule has 2 heteroatoms. The fourth-order valence-corrected chi connectivity index (χ4v) is 3.34. The summed E-state index contributed by atoms with van der Waals surface area (Å²) in [4.78, 5) is 2.78. The molecule has 1 fully saturated rings. The highest BCUT2D eigenvalue weighted by Gasteiger charge is 2.36. The number of hydrogen-bond acceptors (Lipinski definition) is 2. The Bertz CT molecular complexity index is 257. The van der Waals surface area contributed by atoms with E-state index in [2.05, 4.69) is 51.8 Å². The van der Waals surface area contributed by atoms with Gasteiger partial charge in [-0.1, -0.05) is 67.2 Å². The van der Waals surface area contributed by atoms with Gasteiger partial charge in [-0.2, -0.15) is 0 Å². The van der Waals surface area contributed by atoms with E-state index in [1.807, 2.05) is 0 Å². The van der Waals surface area contributed by atoms with Crippen molar-refractivity contribution in [2.75, 3.05) is 19.6 Å². The smallest absolute Gasteiger partial charge is 0.0269 e. The molecule has 0 amide bonds. The lowest BCUT2D eigenvalue weighted by Crippen LogP contribution is -2.62. The maximum Gasteiger partial charge on any atom is 0.0269 e. The Labute approximate surface area is 127 Å². The highest BCUT2D eigenvalue weighted by Crippen LogP contribution is 2.28. The fourth-order valence-electron chi connectivity index (χ4n) is 3.34. The lowest BCUT2D eigenvalue weighted by Gasteiger charge is -2.47. The number of unbranched alkanes of at least 4 members (excludes halogenated alkanes) is 3. The summed E-state index contributed by atoms with van der Waals surface area (Å²) in [5, 5.41) is 3.82. The van der Waals surface area contributed by atoms with Crippen molar-refractivity contribution < 1.29 is 0 Å². The lowest BCUT2D eigenvalue weighted by molar-refractivity contribution is 0.0427. The van der Waals surface area contributed by atoms with Crippen LogP contribution in [0.25, 0.3) is 0 Å². The third kappa shape index (κ3) is 5.37. The molecule has 1 aliphatic rings. The van der Waals surface area contributed by atoms with Crippen LogP contribution in [-0.2, 0) is 0 Å². The summed E-state index contributed by atoms with van der Waals surface area (Å²) in [6.45, 7) is 17.9. The van der Waals surface area contributed by atoms with Gasteiger partial charge in [0, 0.05) is 25.2 Å². The Kier molecular flexibility index (Phi) is 7.53. The van der Waals surface area contributed by atoms with Crippen LogP contribution in [0, 0.1) is 11.3 Å². The Hall–Kier alpha value is -0.0800. The Morgan fingerprint density at radius 3 is 2.40 bits per heavy atom. The zero-order valence-corrected chi connectivity index (χ0v) is 14.8. The van der Waals surface area contributed by atoms with Gasteiger partial charge in [0.2, 0.25) is 0 Å². The predicted octanol–water partition coefficient (Wildman–Crippen LogP) is 4.30. The first-order valence-electron chi connectivity index (χ1n) is 8.87. The quantitative estimate of drug-likeness (QED) is 0.700. The molecular formula is C18H38N2. The molecule has 0 radical (unpaired) electrons. The molecule has 0 saturated carbocycles.